The van der Waals surface area contributed by atoms with E-state index in [1.807, 2.05) is 59.5 Å². The van der Waals surface area contributed by atoms with Gasteiger partial charge >= 0.3 is 0 Å². The van der Waals surface area contributed by atoms with Gasteiger partial charge in [0, 0.05) is 51.1 Å². The van der Waals surface area contributed by atoms with Gasteiger partial charge in [-0.3, -0.25) is 9.69 Å². The van der Waals surface area contributed by atoms with Gasteiger partial charge in [-0.05, 0) is 24.3 Å². The number of benzene rings is 2. The fraction of sp³-hybridized carbons (Fsp3) is 0.360. The van der Waals surface area contributed by atoms with Crippen molar-refractivity contribution in [3.8, 4) is 22.8 Å². The number of methoxy groups -OCH3 is 1. The molecule has 32 heavy (non-hydrogen) atoms. The zero-order chi connectivity index (χ0) is 22.2. The Morgan fingerprint density at radius 2 is 1.72 bits per heavy atom. The fourth-order valence-electron chi connectivity index (χ4n) is 3.72. The predicted octanol–water partition coefficient (Wildman–Crippen LogP) is 3.51. The Morgan fingerprint density at radius 1 is 1.00 bits per heavy atom. The molecular weight excluding hydrogens is 406 g/mol. The summed E-state index contributed by atoms with van der Waals surface area (Å²) in [4.78, 5) is 21.2. The van der Waals surface area contributed by atoms with Crippen molar-refractivity contribution >= 4 is 5.91 Å². The van der Waals surface area contributed by atoms with E-state index in [0.29, 0.717) is 25.3 Å². The molecule has 0 radical (unpaired) electrons. The zero-order valence-electron chi connectivity index (χ0n) is 18.4. The molecule has 1 aliphatic rings. The fourth-order valence-corrected chi connectivity index (χ4v) is 3.72. The van der Waals surface area contributed by atoms with Crippen molar-refractivity contribution in [3.05, 3.63) is 66.7 Å². The molecule has 1 saturated heterocycles. The Morgan fingerprint density at radius 3 is 2.44 bits per heavy atom. The summed E-state index contributed by atoms with van der Waals surface area (Å²) in [5.74, 6) is 3.14. The lowest BCUT2D eigenvalue weighted by atomic mass is 10.2. The standard InChI is InChI=1S/C25H29N3O4/c1-30-21-7-9-22(10-8-21)31-18-17-27-13-15-28(16-14-27)25(29)12-11-24-26-19-23(32-24)20-5-3-2-4-6-20/h2-10,19H,11-18H2,1H3. The van der Waals surface area contributed by atoms with Gasteiger partial charge in [-0.2, -0.15) is 0 Å². The molecule has 0 spiro atoms. The maximum atomic E-state index is 12.6. The van der Waals surface area contributed by atoms with Crippen molar-refractivity contribution in [2.24, 2.45) is 0 Å². The van der Waals surface area contributed by atoms with Gasteiger partial charge in [0.2, 0.25) is 5.91 Å². The maximum absolute atomic E-state index is 12.6. The molecule has 7 nitrogen and oxygen atoms in total. The molecule has 2 heterocycles. The van der Waals surface area contributed by atoms with Crippen molar-refractivity contribution in [2.45, 2.75) is 12.8 Å². The molecule has 0 atom stereocenters. The third-order valence-electron chi connectivity index (χ3n) is 5.63. The third-order valence-corrected chi connectivity index (χ3v) is 5.63. The van der Waals surface area contributed by atoms with Gasteiger partial charge < -0.3 is 18.8 Å². The van der Waals surface area contributed by atoms with Crippen LogP contribution in [0.2, 0.25) is 0 Å². The van der Waals surface area contributed by atoms with Crippen LogP contribution in [0, 0.1) is 0 Å². The number of nitrogens with zero attached hydrogens (tertiary/aromatic N) is 3. The monoisotopic (exact) mass is 435 g/mol. The average molecular weight is 436 g/mol. The van der Waals surface area contributed by atoms with E-state index >= 15 is 0 Å². The Kier molecular flexibility index (Phi) is 7.40. The van der Waals surface area contributed by atoms with Crippen LogP contribution in [-0.2, 0) is 11.2 Å². The predicted molar refractivity (Wildman–Crippen MR) is 122 cm³/mol. The summed E-state index contributed by atoms with van der Waals surface area (Å²) in [6, 6.07) is 17.5. The van der Waals surface area contributed by atoms with Crippen LogP contribution in [0.1, 0.15) is 12.3 Å². The molecule has 0 aliphatic carbocycles. The number of rotatable bonds is 9. The Hall–Kier alpha value is -3.32. The van der Waals surface area contributed by atoms with Crippen LogP contribution in [0.15, 0.2) is 65.2 Å². The van der Waals surface area contributed by atoms with Crippen molar-refractivity contribution in [1.82, 2.24) is 14.8 Å². The molecule has 0 saturated carbocycles. The lowest BCUT2D eigenvalue weighted by molar-refractivity contribution is -0.133. The Balaban J connectivity index is 1.15. The van der Waals surface area contributed by atoms with E-state index in [1.165, 1.54) is 0 Å². The second kappa shape index (κ2) is 10.8. The summed E-state index contributed by atoms with van der Waals surface area (Å²) >= 11 is 0. The van der Waals surface area contributed by atoms with Crippen LogP contribution in [0.4, 0.5) is 0 Å². The van der Waals surface area contributed by atoms with Crippen molar-refractivity contribution in [3.63, 3.8) is 0 Å². The minimum atomic E-state index is 0.151. The normalized spacial score (nSPS) is 14.3. The number of hydrogen-bond acceptors (Lipinski definition) is 6. The summed E-state index contributed by atoms with van der Waals surface area (Å²) in [6.07, 6.45) is 2.65. The number of ether oxygens (including phenoxy) is 2. The highest BCUT2D eigenvalue weighted by Crippen LogP contribution is 2.20. The van der Waals surface area contributed by atoms with E-state index in [2.05, 4.69) is 9.88 Å². The van der Waals surface area contributed by atoms with Gasteiger partial charge in [0.25, 0.3) is 0 Å². The highest BCUT2D eigenvalue weighted by molar-refractivity contribution is 5.76. The molecule has 3 aromatic rings. The van der Waals surface area contributed by atoms with E-state index in [1.54, 1.807) is 13.3 Å². The van der Waals surface area contributed by atoms with Crippen LogP contribution >= 0.6 is 0 Å². The molecular formula is C25H29N3O4. The van der Waals surface area contributed by atoms with Crippen molar-refractivity contribution in [1.29, 1.82) is 0 Å². The number of oxazole rings is 1. The number of aryl methyl sites for hydroxylation is 1. The largest absolute Gasteiger partial charge is 0.497 e. The molecule has 0 unspecified atom stereocenters. The minimum absolute atomic E-state index is 0.151. The van der Waals surface area contributed by atoms with Gasteiger partial charge in [0.15, 0.2) is 11.7 Å². The molecule has 1 amide bonds. The minimum Gasteiger partial charge on any atom is -0.497 e. The molecule has 1 aromatic heterocycles. The number of carbonyl (C=O) groups excluding carboxylic acids is 1. The maximum Gasteiger partial charge on any atom is 0.223 e. The molecule has 0 bridgehead atoms. The highest BCUT2D eigenvalue weighted by Gasteiger charge is 2.21. The van der Waals surface area contributed by atoms with Gasteiger partial charge in [-0.15, -0.1) is 0 Å². The molecule has 0 N–H and O–H groups in total. The lowest BCUT2D eigenvalue weighted by Gasteiger charge is -2.34. The van der Waals surface area contributed by atoms with Crippen LogP contribution in [-0.4, -0.2) is 67.1 Å². The number of aromatic nitrogens is 1. The SMILES string of the molecule is COc1ccc(OCCN2CCN(C(=O)CCc3ncc(-c4ccccc4)o3)CC2)cc1. The summed E-state index contributed by atoms with van der Waals surface area (Å²) in [5, 5.41) is 0. The Bertz CT molecular complexity index is 980. The van der Waals surface area contributed by atoms with E-state index in [0.717, 1.165) is 55.5 Å². The third kappa shape index (κ3) is 5.88. The molecule has 168 valence electrons. The quantitative estimate of drug-likeness (QED) is 0.512. The first kappa shape index (κ1) is 21.9. The van der Waals surface area contributed by atoms with E-state index in [9.17, 15) is 4.79 Å². The lowest BCUT2D eigenvalue weighted by Crippen LogP contribution is -2.49. The number of amides is 1. The molecule has 1 fully saturated rings. The van der Waals surface area contributed by atoms with Crippen LogP contribution in [0.3, 0.4) is 0 Å². The Labute approximate surface area is 188 Å². The summed E-state index contributed by atoms with van der Waals surface area (Å²) in [7, 11) is 1.65. The molecule has 2 aromatic carbocycles. The molecule has 7 heteroatoms. The van der Waals surface area contributed by atoms with Gasteiger partial charge in [-0.25, -0.2) is 4.98 Å². The van der Waals surface area contributed by atoms with E-state index in [-0.39, 0.29) is 5.91 Å². The van der Waals surface area contributed by atoms with E-state index < -0.39 is 0 Å². The van der Waals surface area contributed by atoms with Crippen LogP contribution in [0.25, 0.3) is 11.3 Å². The van der Waals surface area contributed by atoms with Crippen LogP contribution in [0.5, 0.6) is 11.5 Å². The summed E-state index contributed by atoms with van der Waals surface area (Å²) in [6.45, 7) is 4.65. The summed E-state index contributed by atoms with van der Waals surface area (Å²) < 4.78 is 16.8. The van der Waals surface area contributed by atoms with Crippen LogP contribution < -0.4 is 9.47 Å². The number of hydrogen-bond donors (Lipinski definition) is 0. The van der Waals surface area contributed by atoms with Gasteiger partial charge in [0.1, 0.15) is 18.1 Å². The van der Waals surface area contributed by atoms with Gasteiger partial charge in [0.05, 0.1) is 13.3 Å². The first-order valence-corrected chi connectivity index (χ1v) is 11.0. The second-order valence-corrected chi connectivity index (χ2v) is 7.73. The van der Waals surface area contributed by atoms with Crippen molar-refractivity contribution in [2.75, 3.05) is 46.4 Å². The van der Waals surface area contributed by atoms with E-state index in [4.69, 9.17) is 13.9 Å². The second-order valence-electron chi connectivity index (χ2n) is 7.73. The molecule has 1 aliphatic heterocycles. The molecule has 4 rings (SSSR count). The highest BCUT2D eigenvalue weighted by atomic mass is 16.5. The van der Waals surface area contributed by atoms with Gasteiger partial charge in [-0.1, -0.05) is 30.3 Å². The average Bonchev–Trinajstić information content (AvgIpc) is 3.33. The first-order valence-electron chi connectivity index (χ1n) is 11.0. The first-order chi connectivity index (χ1) is 15.7. The summed E-state index contributed by atoms with van der Waals surface area (Å²) in [5.41, 5.74) is 0.990. The number of carbonyl (C=O) groups is 1. The number of piperazine rings is 1. The zero-order valence-corrected chi connectivity index (χ0v) is 18.4. The smallest absolute Gasteiger partial charge is 0.223 e. The van der Waals surface area contributed by atoms with Crippen molar-refractivity contribution < 1.29 is 18.7 Å². The topological polar surface area (TPSA) is 68.0 Å².